The molecule has 0 unspecified atom stereocenters. The Labute approximate surface area is 111 Å². The van der Waals surface area contributed by atoms with Crippen LogP contribution in [0.15, 0.2) is 0 Å². The van der Waals surface area contributed by atoms with E-state index in [1.54, 1.807) is 27.0 Å². The van der Waals surface area contributed by atoms with Crippen molar-refractivity contribution >= 4 is 59.9 Å². The smallest absolute Gasteiger partial charge is 0.334 e. The third kappa shape index (κ3) is 13.2. The maximum atomic E-state index is 10.9. The first-order valence-corrected chi connectivity index (χ1v) is 10.1. The molecular formula is C7H16INO2S3. The highest BCUT2D eigenvalue weighted by Crippen LogP contribution is 2.03. The van der Waals surface area contributed by atoms with Gasteiger partial charge in [-0.2, -0.15) is 11.8 Å². The Kier molecular flexibility index (Phi) is 17.9. The summed E-state index contributed by atoms with van der Waals surface area (Å²) in [5.74, 6) is 0.566. The Balaban J connectivity index is 0. The van der Waals surface area contributed by atoms with Gasteiger partial charge in [-0.3, -0.25) is 0 Å². The molecule has 0 aliphatic rings. The van der Waals surface area contributed by atoms with E-state index in [2.05, 4.69) is 25.4 Å². The van der Waals surface area contributed by atoms with E-state index in [0.717, 1.165) is 17.8 Å². The zero-order valence-corrected chi connectivity index (χ0v) is 13.1. The van der Waals surface area contributed by atoms with Crippen LogP contribution in [0.1, 0.15) is 6.42 Å². The van der Waals surface area contributed by atoms with E-state index in [1.165, 1.54) is 0 Å². The van der Waals surface area contributed by atoms with Crippen molar-refractivity contribution in [3.63, 3.8) is 0 Å². The highest BCUT2D eigenvalue weighted by molar-refractivity contribution is 14.2. The van der Waals surface area contributed by atoms with Gasteiger partial charge in [0.05, 0.1) is 12.0 Å². The second-order valence-electron chi connectivity index (χ2n) is 2.11. The number of carbonyl (C=O) groups is 1. The Morgan fingerprint density at radius 3 is 2.36 bits per heavy atom. The number of carbonyl (C=O) groups excluding carboxylic acids is 1. The summed E-state index contributed by atoms with van der Waals surface area (Å²) in [5, 5.41) is 0. The number of halogens is 1. The van der Waals surface area contributed by atoms with Gasteiger partial charge >= 0.3 is 5.97 Å². The fourth-order valence-corrected chi connectivity index (χ4v) is 1.28. The third-order valence-electron chi connectivity index (χ3n) is 1.10. The van der Waals surface area contributed by atoms with Crippen molar-refractivity contribution in [3.8, 4) is 0 Å². The lowest BCUT2D eigenvalue weighted by atomic mass is 10.2. The predicted octanol–water partition coefficient (Wildman–Crippen LogP) is 2.59. The predicted molar refractivity (Wildman–Crippen MR) is 78.1 cm³/mol. The van der Waals surface area contributed by atoms with Gasteiger partial charge in [0.1, 0.15) is 6.04 Å². The molecule has 0 amide bonds. The van der Waals surface area contributed by atoms with E-state index in [4.69, 9.17) is 5.73 Å². The molecule has 0 rings (SSSR count). The zero-order valence-electron chi connectivity index (χ0n) is 8.49. The van der Waals surface area contributed by atoms with Crippen LogP contribution in [0.3, 0.4) is 0 Å². The average molecular weight is 369 g/mol. The topological polar surface area (TPSA) is 52.3 Å². The first-order chi connectivity index (χ1) is 6.63. The molecule has 0 fully saturated rings. The minimum absolute atomic E-state index is 0.327. The molecule has 0 aromatic carbocycles. The lowest BCUT2D eigenvalue weighted by Gasteiger charge is -2.07. The van der Waals surface area contributed by atoms with Crippen molar-refractivity contribution in [1.82, 2.24) is 0 Å². The molecule has 1 atom stereocenters. The Hall–Kier alpha value is 1.21. The molecule has 14 heavy (non-hydrogen) atoms. The van der Waals surface area contributed by atoms with Crippen LogP contribution in [0.4, 0.5) is 0 Å². The summed E-state index contributed by atoms with van der Waals surface area (Å²) in [6.07, 6.45) is 6.38. The van der Waals surface area contributed by atoms with Gasteiger partial charge in [-0.25, -0.2) is 4.79 Å². The normalized spacial score (nSPS) is 11.2. The molecule has 0 saturated carbocycles. The molecule has 86 valence electrons. The minimum Gasteiger partial charge on any atom is -0.391 e. The SMILES string of the molecule is CSCC[C@H](N)C(=O)OSC.CSI. The lowest BCUT2D eigenvalue weighted by molar-refractivity contribution is -0.134. The van der Waals surface area contributed by atoms with E-state index in [1.807, 2.05) is 12.5 Å². The second-order valence-corrected chi connectivity index (χ2v) is 6.55. The van der Waals surface area contributed by atoms with E-state index in [0.29, 0.717) is 6.42 Å². The van der Waals surface area contributed by atoms with Crippen LogP contribution < -0.4 is 5.73 Å². The quantitative estimate of drug-likeness (QED) is 0.594. The highest BCUT2D eigenvalue weighted by atomic mass is 127. The van der Waals surface area contributed by atoms with Crippen LogP contribution in [-0.4, -0.2) is 36.5 Å². The Morgan fingerprint density at radius 2 is 2.00 bits per heavy atom. The van der Waals surface area contributed by atoms with Crippen molar-refractivity contribution in [1.29, 1.82) is 0 Å². The van der Waals surface area contributed by atoms with Crippen LogP contribution >= 0.6 is 53.9 Å². The summed E-state index contributed by atoms with van der Waals surface area (Å²) in [4.78, 5) is 10.9. The van der Waals surface area contributed by atoms with Crippen molar-refractivity contribution < 1.29 is 8.98 Å². The van der Waals surface area contributed by atoms with Gasteiger partial charge in [0.15, 0.2) is 0 Å². The lowest BCUT2D eigenvalue weighted by Crippen LogP contribution is -2.31. The molecule has 7 heteroatoms. The summed E-state index contributed by atoms with van der Waals surface area (Å²) in [6, 6.07) is -0.463. The van der Waals surface area contributed by atoms with E-state index >= 15 is 0 Å². The van der Waals surface area contributed by atoms with Gasteiger partial charge in [-0.1, -0.05) is 8.93 Å². The summed E-state index contributed by atoms with van der Waals surface area (Å²) in [7, 11) is 1.72. The number of thioether (sulfide) groups is 1. The number of hydrogen-bond acceptors (Lipinski definition) is 6. The van der Waals surface area contributed by atoms with Crippen LogP contribution in [0.2, 0.25) is 0 Å². The summed E-state index contributed by atoms with van der Waals surface area (Å²) in [6.45, 7) is 0. The standard InChI is InChI=1S/C6H13NO2S2.CH3IS/c1-10-4-3-5(7)6(8)9-11-2;1-3-2/h5H,3-4,7H2,1-2H3;1H3/t5-;/m0./s1. The summed E-state index contributed by atoms with van der Waals surface area (Å²) >= 11 is 4.91. The molecule has 0 aliphatic heterocycles. The van der Waals surface area contributed by atoms with E-state index < -0.39 is 6.04 Å². The van der Waals surface area contributed by atoms with Gasteiger partial charge in [-0.05, 0) is 45.9 Å². The summed E-state index contributed by atoms with van der Waals surface area (Å²) < 4.78 is 4.64. The van der Waals surface area contributed by atoms with Crippen molar-refractivity contribution in [2.24, 2.45) is 5.73 Å². The molecule has 0 aromatic rings. The fourth-order valence-electron chi connectivity index (χ4n) is 0.507. The molecule has 0 aliphatic carbocycles. The van der Waals surface area contributed by atoms with Gasteiger partial charge in [-0.15, -0.1) is 0 Å². The highest BCUT2D eigenvalue weighted by Gasteiger charge is 2.13. The minimum atomic E-state index is -0.463. The molecule has 2 N–H and O–H groups in total. The first kappa shape index (κ1) is 17.6. The van der Waals surface area contributed by atoms with Crippen molar-refractivity contribution in [2.75, 3.05) is 24.5 Å². The third-order valence-corrected chi connectivity index (χ3v) is 2.08. The average Bonchev–Trinajstić information content (AvgIpc) is 2.15. The molecule has 0 spiro atoms. The number of nitrogens with two attached hydrogens (primary N) is 1. The van der Waals surface area contributed by atoms with Gasteiger partial charge < -0.3 is 9.92 Å². The fraction of sp³-hybridized carbons (Fsp3) is 0.857. The maximum absolute atomic E-state index is 10.9. The molecule has 0 radical (unpaired) electrons. The van der Waals surface area contributed by atoms with Crippen LogP contribution in [0.25, 0.3) is 0 Å². The molecular weight excluding hydrogens is 353 g/mol. The molecule has 0 saturated heterocycles. The van der Waals surface area contributed by atoms with Gasteiger partial charge in [0.25, 0.3) is 0 Å². The molecule has 3 nitrogen and oxygen atoms in total. The van der Waals surface area contributed by atoms with Crippen molar-refractivity contribution in [3.05, 3.63) is 0 Å². The maximum Gasteiger partial charge on any atom is 0.334 e. The number of rotatable bonds is 5. The second kappa shape index (κ2) is 14.2. The largest absolute Gasteiger partial charge is 0.391 e. The number of hydrogen-bond donors (Lipinski definition) is 1. The molecule has 0 heterocycles. The summed E-state index contributed by atoms with van der Waals surface area (Å²) in [5.41, 5.74) is 5.49. The van der Waals surface area contributed by atoms with E-state index in [9.17, 15) is 4.79 Å². The van der Waals surface area contributed by atoms with E-state index in [-0.39, 0.29) is 5.97 Å². The monoisotopic (exact) mass is 369 g/mol. The van der Waals surface area contributed by atoms with Gasteiger partial charge in [0.2, 0.25) is 0 Å². The van der Waals surface area contributed by atoms with Crippen LogP contribution in [-0.2, 0) is 8.98 Å². The first-order valence-electron chi connectivity index (χ1n) is 3.77. The Bertz CT molecular complexity index is 140. The molecule has 0 aromatic heterocycles. The Morgan fingerprint density at radius 1 is 1.50 bits per heavy atom. The van der Waals surface area contributed by atoms with Crippen LogP contribution in [0, 0.1) is 0 Å². The zero-order chi connectivity index (χ0) is 11.4. The van der Waals surface area contributed by atoms with Crippen LogP contribution in [0.5, 0.6) is 0 Å². The van der Waals surface area contributed by atoms with Crippen molar-refractivity contribution in [2.45, 2.75) is 12.5 Å². The van der Waals surface area contributed by atoms with Gasteiger partial charge in [0, 0.05) is 6.26 Å². The molecule has 0 bridgehead atoms.